The fourth-order valence-electron chi connectivity index (χ4n) is 1.57. The third kappa shape index (κ3) is 7.98. The zero-order chi connectivity index (χ0) is 15.8. The molecule has 0 rings (SSSR count). The van der Waals surface area contributed by atoms with Gasteiger partial charge >= 0.3 is 12.1 Å². The van der Waals surface area contributed by atoms with E-state index in [1.165, 1.54) is 0 Å². The number of carbonyl (C=O) groups excluding carboxylic acids is 2. The lowest BCUT2D eigenvalue weighted by atomic mass is 10.1. The Morgan fingerprint density at radius 1 is 1.35 bits per heavy atom. The van der Waals surface area contributed by atoms with Crippen molar-refractivity contribution in [1.82, 2.24) is 10.2 Å². The van der Waals surface area contributed by atoms with Crippen LogP contribution in [0.5, 0.6) is 0 Å². The van der Waals surface area contributed by atoms with Gasteiger partial charge in [0.05, 0.1) is 13.5 Å². The second kappa shape index (κ2) is 8.78. The molecule has 0 aliphatic heterocycles. The second-order valence-electron chi connectivity index (χ2n) is 4.41. The highest BCUT2D eigenvalue weighted by molar-refractivity contribution is 5.79. The van der Waals surface area contributed by atoms with Crippen molar-refractivity contribution in [2.45, 2.75) is 26.4 Å². The van der Waals surface area contributed by atoms with Crippen LogP contribution in [0.3, 0.4) is 0 Å². The second-order valence-corrected chi connectivity index (χ2v) is 4.41. The van der Waals surface area contributed by atoms with Crippen LogP contribution in [0.1, 0.15) is 20.3 Å². The van der Waals surface area contributed by atoms with E-state index in [9.17, 15) is 22.8 Å². The smallest absolute Gasteiger partial charge is 0.406 e. The molecule has 0 aliphatic rings. The van der Waals surface area contributed by atoms with Gasteiger partial charge in [-0.1, -0.05) is 13.8 Å². The van der Waals surface area contributed by atoms with E-state index in [1.54, 1.807) is 6.92 Å². The molecule has 8 heteroatoms. The summed E-state index contributed by atoms with van der Waals surface area (Å²) in [6.45, 7) is 2.64. The van der Waals surface area contributed by atoms with E-state index in [0.717, 1.165) is 7.11 Å². The lowest BCUT2D eigenvalue weighted by Gasteiger charge is -2.26. The number of hydrogen-bond acceptors (Lipinski definition) is 4. The van der Waals surface area contributed by atoms with Crippen LogP contribution < -0.4 is 5.32 Å². The number of nitrogens with one attached hydrogen (secondary N) is 1. The zero-order valence-electron chi connectivity index (χ0n) is 11.9. The van der Waals surface area contributed by atoms with Gasteiger partial charge in [-0.15, -0.1) is 0 Å². The van der Waals surface area contributed by atoms with Gasteiger partial charge in [-0.25, -0.2) is 0 Å². The highest BCUT2D eigenvalue weighted by atomic mass is 19.4. The van der Waals surface area contributed by atoms with Gasteiger partial charge in [-0.05, 0) is 6.54 Å². The predicted molar refractivity (Wildman–Crippen MR) is 67.0 cm³/mol. The van der Waals surface area contributed by atoms with Crippen LogP contribution in [0.25, 0.3) is 0 Å². The van der Waals surface area contributed by atoms with Crippen LogP contribution in [0.4, 0.5) is 13.2 Å². The number of esters is 1. The molecule has 0 aliphatic carbocycles. The number of ether oxygens (including phenoxy) is 1. The number of carbonyl (C=O) groups is 2. The van der Waals surface area contributed by atoms with E-state index in [0.29, 0.717) is 18.0 Å². The molecular weight excluding hydrogens is 277 g/mol. The average Bonchev–Trinajstić information content (AvgIpc) is 2.38. The van der Waals surface area contributed by atoms with Crippen molar-refractivity contribution in [3.05, 3.63) is 0 Å². The van der Waals surface area contributed by atoms with Crippen molar-refractivity contribution in [3.8, 4) is 0 Å². The third-order valence-electron chi connectivity index (χ3n) is 2.62. The van der Waals surface area contributed by atoms with Gasteiger partial charge in [-0.3, -0.25) is 9.59 Å². The Hall–Kier alpha value is -1.31. The molecule has 0 fully saturated rings. The van der Waals surface area contributed by atoms with Gasteiger partial charge in [-0.2, -0.15) is 13.2 Å². The number of nitrogens with zero attached hydrogens (tertiary/aromatic N) is 1. The molecule has 1 amide bonds. The normalized spacial score (nSPS) is 12.9. The number of rotatable bonds is 8. The molecule has 0 heterocycles. The molecule has 20 heavy (non-hydrogen) atoms. The molecule has 0 aromatic carbocycles. The summed E-state index contributed by atoms with van der Waals surface area (Å²) < 4.78 is 41.8. The van der Waals surface area contributed by atoms with Crippen molar-refractivity contribution >= 4 is 11.9 Å². The lowest BCUT2D eigenvalue weighted by Crippen LogP contribution is -2.44. The SMILES string of the molecule is CCNCC(C)C(=O)N(CCC(=O)OC)CC(F)(F)F. The van der Waals surface area contributed by atoms with Crippen molar-refractivity contribution < 1.29 is 27.5 Å². The minimum Gasteiger partial charge on any atom is -0.469 e. The standard InChI is InChI=1S/C12H21F3N2O3/c1-4-16-7-9(2)11(19)17(8-12(13,14)15)6-5-10(18)20-3/h9,16H,4-8H2,1-3H3. The van der Waals surface area contributed by atoms with Crippen molar-refractivity contribution in [1.29, 1.82) is 0 Å². The molecule has 0 bridgehead atoms. The molecule has 0 saturated carbocycles. The van der Waals surface area contributed by atoms with Crippen LogP contribution in [0.15, 0.2) is 0 Å². The van der Waals surface area contributed by atoms with Gasteiger partial charge in [0.2, 0.25) is 5.91 Å². The Morgan fingerprint density at radius 3 is 2.40 bits per heavy atom. The molecule has 0 saturated heterocycles. The predicted octanol–water partition coefficient (Wildman–Crippen LogP) is 1.19. The van der Waals surface area contributed by atoms with Crippen LogP contribution in [0.2, 0.25) is 0 Å². The zero-order valence-corrected chi connectivity index (χ0v) is 11.9. The fourth-order valence-corrected chi connectivity index (χ4v) is 1.57. The summed E-state index contributed by atoms with van der Waals surface area (Å²) >= 11 is 0. The van der Waals surface area contributed by atoms with Gasteiger partial charge in [0.25, 0.3) is 0 Å². The highest BCUT2D eigenvalue weighted by Gasteiger charge is 2.34. The molecular formula is C12H21F3N2O3. The molecule has 0 aromatic rings. The first kappa shape index (κ1) is 18.7. The van der Waals surface area contributed by atoms with Gasteiger partial charge < -0.3 is 15.0 Å². The maximum Gasteiger partial charge on any atom is 0.406 e. The molecule has 1 unspecified atom stereocenters. The van der Waals surface area contributed by atoms with E-state index in [2.05, 4.69) is 10.1 Å². The van der Waals surface area contributed by atoms with Crippen LogP contribution in [0, 0.1) is 5.92 Å². The number of alkyl halides is 3. The Bertz CT molecular complexity index is 322. The van der Waals surface area contributed by atoms with Gasteiger partial charge in [0.1, 0.15) is 6.54 Å². The van der Waals surface area contributed by atoms with Crippen LogP contribution in [-0.2, 0) is 14.3 Å². The van der Waals surface area contributed by atoms with Crippen LogP contribution in [-0.4, -0.2) is 56.2 Å². The first-order valence-corrected chi connectivity index (χ1v) is 6.34. The maximum absolute atomic E-state index is 12.5. The highest BCUT2D eigenvalue weighted by Crippen LogP contribution is 2.18. The number of hydrogen-bond donors (Lipinski definition) is 1. The Labute approximate surface area is 116 Å². The van der Waals surface area contributed by atoms with Gasteiger partial charge in [0, 0.05) is 19.0 Å². The van der Waals surface area contributed by atoms with Crippen LogP contribution >= 0.6 is 0 Å². The Balaban J connectivity index is 4.65. The van der Waals surface area contributed by atoms with E-state index >= 15 is 0 Å². The average molecular weight is 298 g/mol. The molecule has 5 nitrogen and oxygen atoms in total. The summed E-state index contributed by atoms with van der Waals surface area (Å²) in [6.07, 6.45) is -4.75. The minimum absolute atomic E-state index is 0.258. The first-order chi connectivity index (χ1) is 9.21. The van der Waals surface area contributed by atoms with Crippen molar-refractivity contribution in [3.63, 3.8) is 0 Å². The Morgan fingerprint density at radius 2 is 1.95 bits per heavy atom. The van der Waals surface area contributed by atoms with Gasteiger partial charge in [0.15, 0.2) is 0 Å². The molecule has 1 N–H and O–H groups in total. The number of methoxy groups -OCH3 is 1. The lowest BCUT2D eigenvalue weighted by molar-refractivity contribution is -0.164. The summed E-state index contributed by atoms with van der Waals surface area (Å²) in [7, 11) is 1.14. The molecule has 118 valence electrons. The summed E-state index contributed by atoms with van der Waals surface area (Å²) in [5, 5.41) is 2.90. The summed E-state index contributed by atoms with van der Waals surface area (Å²) in [6, 6.07) is 0. The van der Waals surface area contributed by atoms with E-state index < -0.39 is 30.5 Å². The maximum atomic E-state index is 12.5. The molecule has 0 aromatic heterocycles. The van der Waals surface area contributed by atoms with Crippen molar-refractivity contribution in [2.75, 3.05) is 33.3 Å². The Kier molecular flexibility index (Phi) is 8.21. The molecule has 0 spiro atoms. The molecule has 0 radical (unpaired) electrons. The fraction of sp³-hybridized carbons (Fsp3) is 0.833. The summed E-state index contributed by atoms with van der Waals surface area (Å²) in [4.78, 5) is 23.6. The van der Waals surface area contributed by atoms with E-state index in [1.807, 2.05) is 6.92 Å². The van der Waals surface area contributed by atoms with E-state index in [-0.39, 0.29) is 13.0 Å². The monoisotopic (exact) mass is 298 g/mol. The topological polar surface area (TPSA) is 58.6 Å². The first-order valence-electron chi connectivity index (χ1n) is 6.34. The number of halogens is 3. The quantitative estimate of drug-likeness (QED) is 0.684. The molecule has 1 atom stereocenters. The third-order valence-corrected chi connectivity index (χ3v) is 2.62. The number of amides is 1. The van der Waals surface area contributed by atoms with Crippen molar-refractivity contribution in [2.24, 2.45) is 5.92 Å². The summed E-state index contributed by atoms with van der Waals surface area (Å²) in [5.41, 5.74) is 0. The summed E-state index contributed by atoms with van der Waals surface area (Å²) in [5.74, 6) is -1.87. The van der Waals surface area contributed by atoms with E-state index in [4.69, 9.17) is 0 Å². The minimum atomic E-state index is -4.50. The largest absolute Gasteiger partial charge is 0.469 e.